The molecule has 0 bridgehead atoms. The number of unbranched alkanes of at least 4 members (excludes halogenated alkanes) is 1. The number of carboxylic acid groups (broad SMARTS) is 1. The van der Waals surface area contributed by atoms with Gasteiger partial charge in [-0.1, -0.05) is 13.3 Å². The van der Waals surface area contributed by atoms with Crippen molar-refractivity contribution in [1.29, 1.82) is 0 Å². The molecule has 0 radical (unpaired) electrons. The number of carbonyl (C=O) groups excluding carboxylic acids is 1. The first-order valence-corrected chi connectivity index (χ1v) is 8.65. The van der Waals surface area contributed by atoms with Crippen molar-refractivity contribution in [3.8, 4) is 0 Å². The molecule has 0 spiro atoms. The van der Waals surface area contributed by atoms with E-state index in [0.717, 1.165) is 12.8 Å². The fraction of sp³-hybridized carbons (Fsp3) is 0.846. The molecule has 0 saturated heterocycles. The Balaban J connectivity index is 2.59. The lowest BCUT2D eigenvalue weighted by atomic mass is 10.1. The second kappa shape index (κ2) is 6.56. The summed E-state index contributed by atoms with van der Waals surface area (Å²) in [5.74, 6) is -1.70. The van der Waals surface area contributed by atoms with Crippen molar-refractivity contribution in [2.75, 3.05) is 12.3 Å². The highest BCUT2D eigenvalue weighted by atomic mass is 32.2. The molecular formula is C13H23NO5S. The number of hydrogen-bond acceptors (Lipinski definition) is 4. The molecule has 20 heavy (non-hydrogen) atoms. The van der Waals surface area contributed by atoms with Crippen LogP contribution in [0.25, 0.3) is 0 Å². The molecule has 2 N–H and O–H groups in total. The van der Waals surface area contributed by atoms with Gasteiger partial charge in [0.05, 0.1) is 12.2 Å². The molecule has 7 heteroatoms. The molecule has 1 rings (SSSR count). The minimum absolute atomic E-state index is 0.142. The first-order chi connectivity index (χ1) is 9.22. The Morgan fingerprint density at radius 3 is 2.40 bits per heavy atom. The number of hydrogen-bond donors (Lipinski definition) is 2. The zero-order chi connectivity index (χ0) is 15.4. The lowest BCUT2D eigenvalue weighted by Crippen LogP contribution is -2.40. The van der Waals surface area contributed by atoms with Crippen molar-refractivity contribution < 1.29 is 23.1 Å². The van der Waals surface area contributed by atoms with Gasteiger partial charge in [-0.2, -0.15) is 0 Å². The molecule has 116 valence electrons. The summed E-state index contributed by atoms with van der Waals surface area (Å²) in [4.78, 5) is 22.5. The summed E-state index contributed by atoms with van der Waals surface area (Å²) in [5, 5.41) is 10.3. The zero-order valence-electron chi connectivity index (χ0n) is 12.0. The third-order valence-electron chi connectivity index (χ3n) is 3.73. The molecule has 1 aliphatic carbocycles. The van der Waals surface area contributed by atoms with Gasteiger partial charge >= 0.3 is 5.97 Å². The summed E-state index contributed by atoms with van der Waals surface area (Å²) in [6.07, 6.45) is 2.78. The Morgan fingerprint density at radius 1 is 1.35 bits per heavy atom. The van der Waals surface area contributed by atoms with Gasteiger partial charge in [0.15, 0.2) is 9.84 Å². The minimum Gasteiger partial charge on any atom is -0.481 e. The standard InChI is InChI=1S/C13H23NO5S/c1-3-4-7-14-12(17)10(2)20(18,19)9-13(5-6-13)8-11(15)16/h10H,3-9H2,1-2H3,(H,14,17)(H,15,16). The Labute approximate surface area is 119 Å². The Morgan fingerprint density at radius 2 is 1.95 bits per heavy atom. The fourth-order valence-electron chi connectivity index (χ4n) is 2.12. The van der Waals surface area contributed by atoms with Crippen LogP contribution >= 0.6 is 0 Å². The molecule has 0 aromatic rings. The van der Waals surface area contributed by atoms with Gasteiger partial charge in [0.25, 0.3) is 0 Å². The summed E-state index contributed by atoms with van der Waals surface area (Å²) in [6.45, 7) is 3.82. The molecule has 1 amide bonds. The SMILES string of the molecule is CCCCNC(=O)C(C)S(=O)(=O)CC1(CC(=O)O)CC1. The number of carbonyl (C=O) groups is 2. The van der Waals surface area contributed by atoms with Crippen molar-refractivity contribution in [2.24, 2.45) is 5.41 Å². The predicted octanol–water partition coefficient (Wildman–Crippen LogP) is 0.961. The van der Waals surface area contributed by atoms with E-state index >= 15 is 0 Å². The summed E-state index contributed by atoms with van der Waals surface area (Å²) in [6, 6.07) is 0. The molecular weight excluding hydrogens is 282 g/mol. The number of sulfone groups is 1. The zero-order valence-corrected chi connectivity index (χ0v) is 12.8. The van der Waals surface area contributed by atoms with Crippen LogP contribution in [0.4, 0.5) is 0 Å². The van der Waals surface area contributed by atoms with E-state index in [9.17, 15) is 18.0 Å². The van der Waals surface area contributed by atoms with E-state index in [1.807, 2.05) is 6.92 Å². The number of amides is 1. The monoisotopic (exact) mass is 305 g/mol. The van der Waals surface area contributed by atoms with Gasteiger partial charge < -0.3 is 10.4 Å². The quantitative estimate of drug-likeness (QED) is 0.618. The van der Waals surface area contributed by atoms with Crippen LogP contribution in [0.3, 0.4) is 0 Å². The van der Waals surface area contributed by atoms with Crippen LogP contribution in [-0.4, -0.2) is 42.9 Å². The number of aliphatic carboxylic acids is 1. The smallest absolute Gasteiger partial charge is 0.303 e. The first-order valence-electron chi connectivity index (χ1n) is 6.93. The molecule has 1 atom stereocenters. The molecule has 6 nitrogen and oxygen atoms in total. The van der Waals surface area contributed by atoms with Crippen LogP contribution in [-0.2, 0) is 19.4 Å². The van der Waals surface area contributed by atoms with E-state index in [1.165, 1.54) is 6.92 Å². The Kier molecular flexibility index (Phi) is 5.56. The largest absolute Gasteiger partial charge is 0.481 e. The van der Waals surface area contributed by atoms with Crippen LogP contribution in [0, 0.1) is 5.41 Å². The molecule has 0 aromatic carbocycles. The predicted molar refractivity (Wildman–Crippen MR) is 75.1 cm³/mol. The highest BCUT2D eigenvalue weighted by Crippen LogP contribution is 2.50. The first kappa shape index (κ1) is 16.9. The minimum atomic E-state index is -3.61. The number of carboxylic acids is 1. The van der Waals surface area contributed by atoms with E-state index in [-0.39, 0.29) is 12.2 Å². The van der Waals surface area contributed by atoms with Gasteiger partial charge in [-0.3, -0.25) is 9.59 Å². The molecule has 0 aliphatic heterocycles. The van der Waals surface area contributed by atoms with E-state index < -0.39 is 32.4 Å². The van der Waals surface area contributed by atoms with E-state index in [1.54, 1.807) is 0 Å². The van der Waals surface area contributed by atoms with Crippen LogP contribution in [0.2, 0.25) is 0 Å². The van der Waals surface area contributed by atoms with E-state index in [2.05, 4.69) is 5.32 Å². The van der Waals surface area contributed by atoms with Gasteiger partial charge in [0.2, 0.25) is 5.91 Å². The summed E-state index contributed by atoms with van der Waals surface area (Å²) in [7, 11) is -3.61. The average Bonchev–Trinajstić information content (AvgIpc) is 3.05. The fourth-order valence-corrected chi connectivity index (χ4v) is 4.02. The van der Waals surface area contributed by atoms with Gasteiger partial charge in [0.1, 0.15) is 5.25 Å². The Bertz CT molecular complexity index is 467. The van der Waals surface area contributed by atoms with Crippen LogP contribution in [0.15, 0.2) is 0 Å². The average molecular weight is 305 g/mol. The maximum absolute atomic E-state index is 12.2. The lowest BCUT2D eigenvalue weighted by molar-refractivity contribution is -0.138. The van der Waals surface area contributed by atoms with Crippen molar-refractivity contribution in [3.63, 3.8) is 0 Å². The molecule has 0 aromatic heterocycles. The van der Waals surface area contributed by atoms with Crippen LogP contribution < -0.4 is 5.32 Å². The van der Waals surface area contributed by atoms with Gasteiger partial charge in [-0.25, -0.2) is 8.42 Å². The lowest BCUT2D eigenvalue weighted by Gasteiger charge is -2.17. The van der Waals surface area contributed by atoms with Crippen molar-refractivity contribution in [3.05, 3.63) is 0 Å². The Hall–Kier alpha value is -1.11. The maximum Gasteiger partial charge on any atom is 0.303 e. The van der Waals surface area contributed by atoms with Gasteiger partial charge in [-0.15, -0.1) is 0 Å². The summed E-state index contributed by atoms with van der Waals surface area (Å²) in [5.41, 5.74) is -0.650. The molecule has 1 aliphatic rings. The van der Waals surface area contributed by atoms with Gasteiger partial charge in [0, 0.05) is 6.54 Å². The third-order valence-corrected chi connectivity index (χ3v) is 6.03. The van der Waals surface area contributed by atoms with Gasteiger partial charge in [-0.05, 0) is 31.6 Å². The normalized spacial score (nSPS) is 18.3. The molecule has 1 fully saturated rings. The highest BCUT2D eigenvalue weighted by molar-refractivity contribution is 7.92. The molecule has 1 unspecified atom stereocenters. The van der Waals surface area contributed by atoms with Crippen LogP contribution in [0.1, 0.15) is 46.0 Å². The van der Waals surface area contributed by atoms with E-state index in [0.29, 0.717) is 19.4 Å². The molecule has 1 saturated carbocycles. The number of rotatable bonds is 9. The van der Waals surface area contributed by atoms with Crippen molar-refractivity contribution >= 4 is 21.7 Å². The van der Waals surface area contributed by atoms with Crippen molar-refractivity contribution in [1.82, 2.24) is 5.32 Å². The van der Waals surface area contributed by atoms with Crippen LogP contribution in [0.5, 0.6) is 0 Å². The van der Waals surface area contributed by atoms with Crippen molar-refractivity contribution in [2.45, 2.75) is 51.2 Å². The third kappa shape index (κ3) is 4.77. The summed E-state index contributed by atoms with van der Waals surface area (Å²) < 4.78 is 24.4. The van der Waals surface area contributed by atoms with E-state index in [4.69, 9.17) is 5.11 Å². The molecule has 0 heterocycles. The topological polar surface area (TPSA) is 101 Å². The summed E-state index contributed by atoms with van der Waals surface area (Å²) >= 11 is 0. The highest BCUT2D eigenvalue weighted by Gasteiger charge is 2.49. The number of nitrogens with one attached hydrogen (secondary N) is 1. The second-order valence-corrected chi connectivity index (χ2v) is 7.99. The maximum atomic E-state index is 12.2. The second-order valence-electron chi connectivity index (χ2n) is 5.66.